The van der Waals surface area contributed by atoms with Gasteiger partial charge in [0.15, 0.2) is 0 Å². The Kier molecular flexibility index (Phi) is 4.33. The fraction of sp³-hybridized carbons (Fsp3) is 0.200. The number of alkyl halides is 3. The maximum atomic E-state index is 13.0. The van der Waals surface area contributed by atoms with E-state index in [-0.39, 0.29) is 6.42 Å². The van der Waals surface area contributed by atoms with E-state index in [1.54, 1.807) is 18.2 Å². The summed E-state index contributed by atoms with van der Waals surface area (Å²) < 4.78 is 39.0. The van der Waals surface area contributed by atoms with Gasteiger partial charge in [0.25, 0.3) is 0 Å². The summed E-state index contributed by atoms with van der Waals surface area (Å²) in [4.78, 5) is 0. The van der Waals surface area contributed by atoms with Crippen molar-refractivity contribution in [2.75, 3.05) is 11.5 Å². The first-order valence-corrected chi connectivity index (χ1v) is 7.97. The molecule has 0 radical (unpaired) electrons. The minimum Gasteiger partial charge on any atom is -0.397 e. The quantitative estimate of drug-likeness (QED) is 0.787. The molecule has 1 unspecified atom stereocenters. The van der Waals surface area contributed by atoms with Crippen LogP contribution in [0.25, 0.3) is 0 Å². The van der Waals surface area contributed by atoms with Gasteiger partial charge in [0.05, 0.1) is 16.9 Å². The van der Waals surface area contributed by atoms with Crippen LogP contribution < -0.4 is 11.5 Å². The van der Waals surface area contributed by atoms with Crippen LogP contribution in [0.15, 0.2) is 72.3 Å². The van der Waals surface area contributed by atoms with Crippen LogP contribution in [0.4, 0.5) is 24.5 Å². The van der Waals surface area contributed by atoms with Gasteiger partial charge in [0, 0.05) is 5.41 Å². The molecule has 0 aromatic heterocycles. The second kappa shape index (κ2) is 6.31. The van der Waals surface area contributed by atoms with Crippen molar-refractivity contribution in [3.63, 3.8) is 0 Å². The van der Waals surface area contributed by atoms with Crippen molar-refractivity contribution in [1.82, 2.24) is 0 Å². The van der Waals surface area contributed by atoms with E-state index < -0.39 is 17.2 Å². The smallest absolute Gasteiger partial charge is 0.397 e. The number of anilines is 2. The van der Waals surface area contributed by atoms with E-state index in [0.717, 1.165) is 17.2 Å². The maximum absolute atomic E-state index is 13.0. The van der Waals surface area contributed by atoms with Crippen LogP contribution in [0, 0.1) is 0 Å². The summed E-state index contributed by atoms with van der Waals surface area (Å²) in [5.74, 6) is 0. The zero-order valence-electron chi connectivity index (χ0n) is 13.6. The Balaban J connectivity index is 2.07. The summed E-state index contributed by atoms with van der Waals surface area (Å²) in [6.07, 6.45) is 0.409. The largest absolute Gasteiger partial charge is 0.416 e. The number of allylic oxidation sites excluding steroid dienone is 4. The van der Waals surface area contributed by atoms with Gasteiger partial charge in [-0.25, -0.2) is 0 Å². The lowest BCUT2D eigenvalue weighted by molar-refractivity contribution is -0.0887. The van der Waals surface area contributed by atoms with Crippen LogP contribution in [0.5, 0.6) is 0 Å². The number of hydrogen-bond donors (Lipinski definition) is 2. The Bertz CT molecular complexity index is 823. The fourth-order valence-electron chi connectivity index (χ4n) is 3.29. The number of rotatable bonds is 3. The molecule has 4 N–H and O–H groups in total. The van der Waals surface area contributed by atoms with E-state index in [4.69, 9.17) is 11.5 Å². The monoisotopic (exact) mass is 344 g/mol. The average molecular weight is 344 g/mol. The molecule has 1 atom stereocenters. The summed E-state index contributed by atoms with van der Waals surface area (Å²) in [5, 5.41) is 0. The van der Waals surface area contributed by atoms with Crippen LogP contribution in [-0.4, -0.2) is 6.18 Å². The van der Waals surface area contributed by atoms with E-state index in [0.29, 0.717) is 17.8 Å². The summed E-state index contributed by atoms with van der Waals surface area (Å²) in [7, 11) is 0. The first-order chi connectivity index (χ1) is 11.8. The van der Waals surface area contributed by atoms with Crippen molar-refractivity contribution in [3.8, 4) is 0 Å². The van der Waals surface area contributed by atoms with Gasteiger partial charge in [0.1, 0.15) is 0 Å². The predicted molar refractivity (Wildman–Crippen MR) is 95.0 cm³/mol. The van der Waals surface area contributed by atoms with E-state index >= 15 is 0 Å². The lowest BCUT2D eigenvalue weighted by Gasteiger charge is -2.35. The standard InChI is InChI=1S/C20H19F3N2/c21-20(22,23)15-9-11-19(12-10-15,13-14-5-2-1-3-6-14)16-7-4-8-17(24)18(16)25/h1-11H,12-13,24-25H2. The first kappa shape index (κ1) is 17.1. The van der Waals surface area contributed by atoms with E-state index in [9.17, 15) is 13.2 Å². The Labute approximate surface area is 144 Å². The summed E-state index contributed by atoms with van der Waals surface area (Å²) in [5.41, 5.74) is 13.5. The summed E-state index contributed by atoms with van der Waals surface area (Å²) in [6.45, 7) is 0. The van der Waals surface area contributed by atoms with Gasteiger partial charge in [-0.1, -0.05) is 60.7 Å². The molecule has 1 aliphatic rings. The van der Waals surface area contributed by atoms with Crippen LogP contribution in [-0.2, 0) is 11.8 Å². The summed E-state index contributed by atoms with van der Waals surface area (Å²) >= 11 is 0. The van der Waals surface area contributed by atoms with Crippen LogP contribution in [0.1, 0.15) is 17.5 Å². The molecule has 0 heterocycles. The molecule has 0 aliphatic heterocycles. The van der Waals surface area contributed by atoms with Gasteiger partial charge in [-0.05, 0) is 30.0 Å². The van der Waals surface area contributed by atoms with Crippen molar-refractivity contribution in [2.24, 2.45) is 0 Å². The maximum Gasteiger partial charge on any atom is 0.416 e. The van der Waals surface area contributed by atoms with Crippen molar-refractivity contribution in [1.29, 1.82) is 0 Å². The number of benzene rings is 2. The molecule has 0 amide bonds. The van der Waals surface area contributed by atoms with Gasteiger partial charge >= 0.3 is 6.18 Å². The number of nitrogen functional groups attached to an aromatic ring is 2. The van der Waals surface area contributed by atoms with Crippen molar-refractivity contribution in [2.45, 2.75) is 24.4 Å². The molecule has 2 nitrogen and oxygen atoms in total. The zero-order valence-corrected chi connectivity index (χ0v) is 13.6. The van der Waals surface area contributed by atoms with Crippen molar-refractivity contribution >= 4 is 11.4 Å². The fourth-order valence-corrected chi connectivity index (χ4v) is 3.29. The molecule has 25 heavy (non-hydrogen) atoms. The third-order valence-electron chi connectivity index (χ3n) is 4.63. The molecule has 5 heteroatoms. The molecule has 2 aromatic rings. The molecule has 0 saturated carbocycles. The number of halogens is 3. The highest BCUT2D eigenvalue weighted by molar-refractivity contribution is 5.70. The van der Waals surface area contributed by atoms with Gasteiger partial charge in [-0.2, -0.15) is 13.2 Å². The highest BCUT2D eigenvalue weighted by Gasteiger charge is 2.38. The predicted octanol–water partition coefficient (Wildman–Crippen LogP) is 4.78. The zero-order chi connectivity index (χ0) is 18.1. The number of nitrogens with two attached hydrogens (primary N) is 2. The Morgan fingerprint density at radius 3 is 2.28 bits per heavy atom. The van der Waals surface area contributed by atoms with Crippen molar-refractivity contribution in [3.05, 3.63) is 83.5 Å². The van der Waals surface area contributed by atoms with E-state index in [1.807, 2.05) is 36.4 Å². The first-order valence-electron chi connectivity index (χ1n) is 7.97. The molecule has 0 spiro atoms. The molecule has 130 valence electrons. The number of para-hydroxylation sites is 1. The molecule has 2 aromatic carbocycles. The lowest BCUT2D eigenvalue weighted by Crippen LogP contribution is -2.30. The molecule has 3 rings (SSSR count). The van der Waals surface area contributed by atoms with Crippen LogP contribution in [0.2, 0.25) is 0 Å². The summed E-state index contributed by atoms with van der Waals surface area (Å²) in [6, 6.07) is 15.0. The van der Waals surface area contributed by atoms with Gasteiger partial charge in [-0.15, -0.1) is 0 Å². The highest BCUT2D eigenvalue weighted by atomic mass is 19.4. The molecular formula is C20H19F3N2. The molecule has 0 saturated heterocycles. The SMILES string of the molecule is Nc1cccc(C2(Cc3ccccc3)C=CC(C(F)(F)F)=CC2)c1N. The molecule has 0 fully saturated rings. The van der Waals surface area contributed by atoms with Crippen LogP contribution in [0.3, 0.4) is 0 Å². The third-order valence-corrected chi connectivity index (χ3v) is 4.63. The van der Waals surface area contributed by atoms with Gasteiger partial charge in [0.2, 0.25) is 0 Å². The molecule has 1 aliphatic carbocycles. The van der Waals surface area contributed by atoms with Gasteiger partial charge in [-0.3, -0.25) is 0 Å². The lowest BCUT2D eigenvalue weighted by atomic mass is 9.69. The van der Waals surface area contributed by atoms with E-state index in [2.05, 4.69) is 0 Å². The van der Waals surface area contributed by atoms with Gasteiger partial charge < -0.3 is 11.5 Å². The normalized spacial score (nSPS) is 20.4. The second-order valence-electron chi connectivity index (χ2n) is 6.32. The van der Waals surface area contributed by atoms with Crippen molar-refractivity contribution < 1.29 is 13.2 Å². The average Bonchev–Trinajstić information content (AvgIpc) is 2.58. The Morgan fingerprint density at radius 1 is 0.960 bits per heavy atom. The second-order valence-corrected chi connectivity index (χ2v) is 6.32. The Hall–Kier alpha value is -2.69. The topological polar surface area (TPSA) is 52.0 Å². The molecular weight excluding hydrogens is 325 g/mol. The van der Waals surface area contributed by atoms with Crippen LogP contribution >= 0.6 is 0 Å². The number of hydrogen-bond acceptors (Lipinski definition) is 2. The Morgan fingerprint density at radius 2 is 1.68 bits per heavy atom. The minimum absolute atomic E-state index is 0.209. The van der Waals surface area contributed by atoms with E-state index in [1.165, 1.54) is 6.08 Å². The highest BCUT2D eigenvalue weighted by Crippen LogP contribution is 2.43. The third kappa shape index (κ3) is 3.40. The minimum atomic E-state index is -4.35. The molecule has 0 bridgehead atoms.